The molecular weight excluding hydrogens is 344 g/mol. The van der Waals surface area contributed by atoms with Crippen LogP contribution in [-0.4, -0.2) is 41.9 Å². The summed E-state index contributed by atoms with van der Waals surface area (Å²) in [5.74, 6) is 0.535. The van der Waals surface area contributed by atoms with Crippen molar-refractivity contribution < 1.29 is 4.79 Å². The fraction of sp³-hybridized carbons (Fsp3) is 0.240. The number of piperazine rings is 1. The van der Waals surface area contributed by atoms with Crippen molar-refractivity contribution in [3.63, 3.8) is 0 Å². The van der Waals surface area contributed by atoms with E-state index in [0.29, 0.717) is 5.92 Å². The Balaban J connectivity index is 1.46. The van der Waals surface area contributed by atoms with Crippen molar-refractivity contribution >= 4 is 5.91 Å². The maximum absolute atomic E-state index is 13.0. The summed E-state index contributed by atoms with van der Waals surface area (Å²) in [4.78, 5) is 17.6. The van der Waals surface area contributed by atoms with E-state index in [-0.39, 0.29) is 11.9 Å². The molecule has 0 aliphatic carbocycles. The first-order valence-electron chi connectivity index (χ1n) is 10.0. The molecule has 3 aromatic carbocycles. The van der Waals surface area contributed by atoms with Gasteiger partial charge in [0, 0.05) is 37.7 Å². The minimum atomic E-state index is 0.142. The molecular formula is C25H24N2O. The Labute approximate surface area is 166 Å². The van der Waals surface area contributed by atoms with Crippen LogP contribution in [0.15, 0.2) is 84.9 Å². The van der Waals surface area contributed by atoms with Crippen LogP contribution in [0, 0.1) is 0 Å². The first-order valence-corrected chi connectivity index (χ1v) is 10.0. The van der Waals surface area contributed by atoms with E-state index in [2.05, 4.69) is 59.5 Å². The lowest BCUT2D eigenvalue weighted by Gasteiger charge is -2.47. The van der Waals surface area contributed by atoms with E-state index >= 15 is 0 Å². The maximum atomic E-state index is 13.0. The van der Waals surface area contributed by atoms with Crippen LogP contribution in [0.25, 0.3) is 0 Å². The summed E-state index contributed by atoms with van der Waals surface area (Å²) in [5.41, 5.74) is 4.93. The normalized spacial score (nSPS) is 21.6. The summed E-state index contributed by atoms with van der Waals surface area (Å²) in [6.07, 6.45) is 0. The quantitative estimate of drug-likeness (QED) is 0.672. The Morgan fingerprint density at radius 3 is 2.11 bits per heavy atom. The van der Waals surface area contributed by atoms with Gasteiger partial charge < -0.3 is 4.90 Å². The maximum Gasteiger partial charge on any atom is 0.253 e. The van der Waals surface area contributed by atoms with Crippen molar-refractivity contribution in [1.82, 2.24) is 9.80 Å². The molecule has 2 heterocycles. The van der Waals surface area contributed by atoms with Gasteiger partial charge >= 0.3 is 0 Å². The van der Waals surface area contributed by atoms with Crippen LogP contribution in [0.3, 0.4) is 0 Å². The van der Waals surface area contributed by atoms with Crippen molar-refractivity contribution in [3.8, 4) is 0 Å². The number of amides is 1. The Kier molecular flexibility index (Phi) is 4.46. The van der Waals surface area contributed by atoms with Crippen LogP contribution in [0.5, 0.6) is 0 Å². The topological polar surface area (TPSA) is 23.6 Å². The summed E-state index contributed by atoms with van der Waals surface area (Å²) in [5, 5.41) is 0. The van der Waals surface area contributed by atoms with Crippen LogP contribution in [0.4, 0.5) is 0 Å². The van der Waals surface area contributed by atoms with Gasteiger partial charge in [-0.1, -0.05) is 72.8 Å². The third-order valence-corrected chi connectivity index (χ3v) is 6.15. The van der Waals surface area contributed by atoms with Gasteiger partial charge in [-0.05, 0) is 28.8 Å². The molecule has 0 saturated carbocycles. The van der Waals surface area contributed by atoms with Gasteiger partial charge in [0.1, 0.15) is 0 Å². The Bertz CT molecular complexity index is 970. The molecule has 0 N–H and O–H groups in total. The van der Waals surface area contributed by atoms with E-state index in [1.807, 2.05) is 35.2 Å². The molecule has 5 rings (SSSR count). The lowest BCUT2D eigenvalue weighted by Crippen LogP contribution is -2.53. The number of hydrogen-bond acceptors (Lipinski definition) is 2. The average molecular weight is 368 g/mol. The second kappa shape index (κ2) is 7.25. The molecule has 28 heavy (non-hydrogen) atoms. The Hall–Kier alpha value is -2.91. The van der Waals surface area contributed by atoms with Crippen molar-refractivity contribution in [2.75, 3.05) is 26.2 Å². The van der Waals surface area contributed by atoms with E-state index in [0.717, 1.165) is 31.7 Å². The van der Waals surface area contributed by atoms with Crippen LogP contribution in [-0.2, 0) is 0 Å². The van der Waals surface area contributed by atoms with Gasteiger partial charge in [0.05, 0.1) is 6.04 Å². The second-order valence-electron chi connectivity index (χ2n) is 7.72. The van der Waals surface area contributed by atoms with Gasteiger partial charge in [-0.2, -0.15) is 0 Å². The van der Waals surface area contributed by atoms with E-state index < -0.39 is 0 Å². The highest BCUT2D eigenvalue weighted by atomic mass is 16.2. The van der Waals surface area contributed by atoms with Gasteiger partial charge in [-0.25, -0.2) is 0 Å². The zero-order valence-corrected chi connectivity index (χ0v) is 15.9. The lowest BCUT2D eigenvalue weighted by molar-refractivity contribution is 0.0435. The number of carbonyl (C=O) groups is 1. The number of fused-ring (bicyclic) bond motifs is 3. The third kappa shape index (κ3) is 3.02. The first-order chi connectivity index (χ1) is 13.8. The molecule has 2 aliphatic rings. The third-order valence-electron chi connectivity index (χ3n) is 6.15. The summed E-state index contributed by atoms with van der Waals surface area (Å²) in [7, 11) is 0. The molecule has 140 valence electrons. The summed E-state index contributed by atoms with van der Waals surface area (Å²) < 4.78 is 0. The minimum absolute atomic E-state index is 0.142. The molecule has 0 unspecified atom stereocenters. The highest BCUT2D eigenvalue weighted by molar-refractivity contribution is 5.94. The molecule has 3 heteroatoms. The number of benzene rings is 3. The molecule has 0 bridgehead atoms. The monoisotopic (exact) mass is 368 g/mol. The zero-order chi connectivity index (χ0) is 18.9. The number of hydrogen-bond donors (Lipinski definition) is 0. The van der Waals surface area contributed by atoms with Crippen LogP contribution in [0.2, 0.25) is 0 Å². The molecule has 1 saturated heterocycles. The van der Waals surface area contributed by atoms with Crippen molar-refractivity contribution in [1.29, 1.82) is 0 Å². The van der Waals surface area contributed by atoms with Crippen molar-refractivity contribution in [2.24, 2.45) is 0 Å². The fourth-order valence-corrected chi connectivity index (χ4v) is 4.72. The highest BCUT2D eigenvalue weighted by Crippen LogP contribution is 2.40. The number of carbonyl (C=O) groups excluding carboxylic acids is 1. The molecule has 3 nitrogen and oxygen atoms in total. The molecule has 3 aromatic rings. The minimum Gasteiger partial charge on any atom is -0.335 e. The van der Waals surface area contributed by atoms with Gasteiger partial charge in [-0.3, -0.25) is 9.69 Å². The average Bonchev–Trinajstić information content (AvgIpc) is 2.79. The molecule has 2 atom stereocenters. The Morgan fingerprint density at radius 1 is 0.714 bits per heavy atom. The summed E-state index contributed by atoms with van der Waals surface area (Å²) in [6.45, 7) is 3.47. The first kappa shape index (κ1) is 17.2. The van der Waals surface area contributed by atoms with Crippen LogP contribution in [0.1, 0.15) is 39.0 Å². The van der Waals surface area contributed by atoms with Gasteiger partial charge in [0.2, 0.25) is 0 Å². The number of rotatable bonds is 2. The molecule has 0 aromatic heterocycles. The van der Waals surface area contributed by atoms with Gasteiger partial charge in [-0.15, -0.1) is 0 Å². The fourth-order valence-electron chi connectivity index (χ4n) is 4.72. The smallest absolute Gasteiger partial charge is 0.253 e. The van der Waals surface area contributed by atoms with Crippen molar-refractivity contribution in [3.05, 3.63) is 107 Å². The predicted molar refractivity (Wildman–Crippen MR) is 111 cm³/mol. The van der Waals surface area contributed by atoms with Crippen LogP contribution >= 0.6 is 0 Å². The van der Waals surface area contributed by atoms with Gasteiger partial charge in [0.15, 0.2) is 0 Å². The highest BCUT2D eigenvalue weighted by Gasteiger charge is 2.38. The Morgan fingerprint density at radius 2 is 1.36 bits per heavy atom. The second-order valence-corrected chi connectivity index (χ2v) is 7.72. The zero-order valence-electron chi connectivity index (χ0n) is 15.9. The summed E-state index contributed by atoms with van der Waals surface area (Å²) >= 11 is 0. The van der Waals surface area contributed by atoms with E-state index in [4.69, 9.17) is 0 Å². The SMILES string of the molecule is O=C(c1ccccc1)N1CCN2C[C@H](c3ccccc3)c3ccccc3[C@H]2C1. The van der Waals surface area contributed by atoms with Crippen molar-refractivity contribution in [2.45, 2.75) is 12.0 Å². The molecule has 0 radical (unpaired) electrons. The van der Waals surface area contributed by atoms with E-state index in [1.165, 1.54) is 16.7 Å². The molecule has 1 fully saturated rings. The standard InChI is InChI=1S/C25H24N2O/c28-25(20-11-5-2-6-12-20)27-16-15-26-17-23(19-9-3-1-4-10-19)21-13-7-8-14-22(21)24(26)18-27/h1-14,23-24H,15-18H2/t23-,24-/m1/s1. The molecule has 2 aliphatic heterocycles. The van der Waals surface area contributed by atoms with Gasteiger partial charge in [0.25, 0.3) is 5.91 Å². The molecule has 1 amide bonds. The number of nitrogens with zero attached hydrogens (tertiary/aromatic N) is 2. The van der Waals surface area contributed by atoms with Crippen LogP contribution < -0.4 is 0 Å². The summed E-state index contributed by atoms with van der Waals surface area (Å²) in [6, 6.07) is 29.5. The van der Waals surface area contributed by atoms with E-state index in [1.54, 1.807) is 0 Å². The largest absolute Gasteiger partial charge is 0.335 e. The lowest BCUT2D eigenvalue weighted by atomic mass is 9.80. The van der Waals surface area contributed by atoms with E-state index in [9.17, 15) is 4.79 Å². The predicted octanol–water partition coefficient (Wildman–Crippen LogP) is 4.33. The molecule has 0 spiro atoms.